The molecule has 0 saturated heterocycles. The van der Waals surface area contributed by atoms with Crippen molar-refractivity contribution in [3.8, 4) is 5.75 Å². The molecule has 1 atom stereocenters. The summed E-state index contributed by atoms with van der Waals surface area (Å²) in [6.07, 6.45) is 4.06. The van der Waals surface area contributed by atoms with E-state index < -0.39 is 0 Å². The summed E-state index contributed by atoms with van der Waals surface area (Å²) in [5, 5.41) is 3.60. The van der Waals surface area contributed by atoms with Crippen molar-refractivity contribution in [1.82, 2.24) is 5.32 Å². The summed E-state index contributed by atoms with van der Waals surface area (Å²) in [5.74, 6) is 1.80. The van der Waals surface area contributed by atoms with Crippen molar-refractivity contribution in [2.45, 2.75) is 32.2 Å². The molecule has 1 aliphatic carbocycles. The maximum Gasteiger partial charge on any atom is 0.123 e. The molecule has 1 unspecified atom stereocenters. The molecule has 88 valence electrons. The minimum absolute atomic E-state index is 0.468. The van der Waals surface area contributed by atoms with Gasteiger partial charge >= 0.3 is 0 Å². The van der Waals surface area contributed by atoms with Gasteiger partial charge in [0.25, 0.3) is 0 Å². The van der Waals surface area contributed by atoms with E-state index in [1.54, 1.807) is 7.11 Å². The molecular weight excluding hydrogens is 198 g/mol. The van der Waals surface area contributed by atoms with Crippen LogP contribution in [0.15, 0.2) is 24.3 Å². The predicted molar refractivity (Wildman–Crippen MR) is 66.8 cm³/mol. The fourth-order valence-electron chi connectivity index (χ4n) is 2.45. The first kappa shape index (κ1) is 11.5. The van der Waals surface area contributed by atoms with Gasteiger partial charge in [0.2, 0.25) is 0 Å². The molecule has 1 saturated carbocycles. The second-order valence-electron chi connectivity index (χ2n) is 4.47. The molecule has 1 aliphatic rings. The molecule has 1 N–H and O–H groups in total. The van der Waals surface area contributed by atoms with Crippen molar-refractivity contribution in [2.75, 3.05) is 13.7 Å². The number of nitrogens with one attached hydrogen (secondary N) is 1. The summed E-state index contributed by atoms with van der Waals surface area (Å²) >= 11 is 0. The molecular formula is C14H21NO. The quantitative estimate of drug-likeness (QED) is 0.821. The summed E-state index contributed by atoms with van der Waals surface area (Å²) in [4.78, 5) is 0. The highest BCUT2D eigenvalue weighted by Gasteiger charge is 2.29. The van der Waals surface area contributed by atoms with Crippen molar-refractivity contribution < 1.29 is 4.74 Å². The lowest BCUT2D eigenvalue weighted by Gasteiger charge is -2.35. The zero-order valence-electron chi connectivity index (χ0n) is 10.2. The van der Waals surface area contributed by atoms with Crippen LogP contribution in [0.2, 0.25) is 0 Å². The molecule has 0 radical (unpaired) electrons. The van der Waals surface area contributed by atoms with E-state index >= 15 is 0 Å². The van der Waals surface area contributed by atoms with Crippen LogP contribution in [0.1, 0.15) is 37.8 Å². The van der Waals surface area contributed by atoms with Gasteiger partial charge in [0.15, 0.2) is 0 Å². The van der Waals surface area contributed by atoms with Crippen molar-refractivity contribution in [3.63, 3.8) is 0 Å². The van der Waals surface area contributed by atoms with E-state index in [-0.39, 0.29) is 0 Å². The Morgan fingerprint density at radius 3 is 2.69 bits per heavy atom. The summed E-state index contributed by atoms with van der Waals surface area (Å²) < 4.78 is 5.45. The van der Waals surface area contributed by atoms with Crippen LogP contribution in [0.25, 0.3) is 0 Å². The van der Waals surface area contributed by atoms with E-state index in [1.165, 1.54) is 24.8 Å². The van der Waals surface area contributed by atoms with Crippen LogP contribution in [0, 0.1) is 5.92 Å². The topological polar surface area (TPSA) is 21.3 Å². The first-order valence-corrected chi connectivity index (χ1v) is 6.23. The predicted octanol–water partition coefficient (Wildman–Crippen LogP) is 3.15. The molecule has 1 aromatic carbocycles. The smallest absolute Gasteiger partial charge is 0.123 e. The Labute approximate surface area is 98.0 Å². The lowest BCUT2D eigenvalue weighted by Crippen LogP contribution is -2.32. The maximum absolute atomic E-state index is 5.45. The average molecular weight is 219 g/mol. The van der Waals surface area contributed by atoms with Gasteiger partial charge < -0.3 is 10.1 Å². The Morgan fingerprint density at radius 2 is 2.12 bits per heavy atom. The monoisotopic (exact) mass is 219 g/mol. The first-order chi connectivity index (χ1) is 7.86. The molecule has 0 amide bonds. The number of hydrogen-bond donors (Lipinski definition) is 1. The number of ether oxygens (including phenoxy) is 1. The molecule has 0 spiro atoms. The van der Waals surface area contributed by atoms with Gasteiger partial charge in [-0.1, -0.05) is 31.5 Å². The number of hydrogen-bond acceptors (Lipinski definition) is 2. The molecule has 1 fully saturated rings. The number of methoxy groups -OCH3 is 1. The van der Waals surface area contributed by atoms with Gasteiger partial charge in [0.1, 0.15) is 5.75 Å². The second kappa shape index (κ2) is 5.35. The van der Waals surface area contributed by atoms with Gasteiger partial charge in [-0.2, -0.15) is 0 Å². The SMILES string of the molecule is CCNC(c1ccccc1OC)C1CCC1. The third-order valence-electron chi connectivity index (χ3n) is 3.52. The van der Waals surface area contributed by atoms with E-state index in [9.17, 15) is 0 Å². The van der Waals surface area contributed by atoms with E-state index in [2.05, 4.69) is 30.4 Å². The summed E-state index contributed by atoms with van der Waals surface area (Å²) in [5.41, 5.74) is 1.32. The number of benzene rings is 1. The minimum atomic E-state index is 0.468. The Hall–Kier alpha value is -1.02. The molecule has 0 aromatic heterocycles. The highest BCUT2D eigenvalue weighted by atomic mass is 16.5. The van der Waals surface area contributed by atoms with Gasteiger partial charge in [-0.15, -0.1) is 0 Å². The van der Waals surface area contributed by atoms with Gasteiger partial charge in [-0.25, -0.2) is 0 Å². The standard InChI is InChI=1S/C14H21NO/c1-3-15-14(11-7-6-8-11)12-9-4-5-10-13(12)16-2/h4-5,9-11,14-15H,3,6-8H2,1-2H3. The molecule has 2 nitrogen and oxygen atoms in total. The molecule has 0 bridgehead atoms. The maximum atomic E-state index is 5.45. The second-order valence-corrected chi connectivity index (χ2v) is 4.47. The van der Waals surface area contributed by atoms with E-state index in [0.717, 1.165) is 18.2 Å². The van der Waals surface area contributed by atoms with Gasteiger partial charge in [0, 0.05) is 11.6 Å². The highest BCUT2D eigenvalue weighted by molar-refractivity contribution is 5.36. The number of rotatable bonds is 5. The molecule has 2 rings (SSSR count). The minimum Gasteiger partial charge on any atom is -0.496 e. The Balaban J connectivity index is 2.22. The Bertz CT molecular complexity index is 333. The zero-order chi connectivity index (χ0) is 11.4. The zero-order valence-corrected chi connectivity index (χ0v) is 10.2. The average Bonchev–Trinajstić information content (AvgIpc) is 2.26. The Kier molecular flexibility index (Phi) is 3.83. The van der Waals surface area contributed by atoms with Crippen LogP contribution in [-0.2, 0) is 0 Å². The molecule has 0 heterocycles. The van der Waals surface area contributed by atoms with Crippen LogP contribution in [0.4, 0.5) is 0 Å². The summed E-state index contributed by atoms with van der Waals surface area (Å²) in [6, 6.07) is 8.84. The molecule has 0 aliphatic heterocycles. The largest absolute Gasteiger partial charge is 0.496 e. The fourth-order valence-corrected chi connectivity index (χ4v) is 2.45. The van der Waals surface area contributed by atoms with Crippen LogP contribution >= 0.6 is 0 Å². The first-order valence-electron chi connectivity index (χ1n) is 6.23. The number of para-hydroxylation sites is 1. The fraction of sp³-hybridized carbons (Fsp3) is 0.571. The van der Waals surface area contributed by atoms with Gasteiger partial charge in [-0.3, -0.25) is 0 Å². The van der Waals surface area contributed by atoms with Gasteiger partial charge in [0.05, 0.1) is 7.11 Å². The summed E-state index contributed by atoms with van der Waals surface area (Å²) in [6.45, 7) is 3.18. The highest BCUT2D eigenvalue weighted by Crippen LogP contribution is 2.40. The van der Waals surface area contributed by atoms with Crippen molar-refractivity contribution >= 4 is 0 Å². The van der Waals surface area contributed by atoms with Crippen molar-refractivity contribution in [3.05, 3.63) is 29.8 Å². The van der Waals surface area contributed by atoms with E-state index in [0.29, 0.717) is 6.04 Å². The van der Waals surface area contributed by atoms with E-state index in [1.807, 2.05) is 6.07 Å². The molecule has 1 aromatic rings. The van der Waals surface area contributed by atoms with Crippen molar-refractivity contribution in [1.29, 1.82) is 0 Å². The third kappa shape index (κ3) is 2.22. The Morgan fingerprint density at radius 1 is 1.38 bits per heavy atom. The van der Waals surface area contributed by atoms with E-state index in [4.69, 9.17) is 4.74 Å². The van der Waals surface area contributed by atoms with Crippen LogP contribution in [0.3, 0.4) is 0 Å². The lowest BCUT2D eigenvalue weighted by atomic mass is 9.77. The van der Waals surface area contributed by atoms with Crippen LogP contribution in [0.5, 0.6) is 5.75 Å². The third-order valence-corrected chi connectivity index (χ3v) is 3.52. The van der Waals surface area contributed by atoms with Gasteiger partial charge in [-0.05, 0) is 31.4 Å². The normalized spacial score (nSPS) is 17.9. The van der Waals surface area contributed by atoms with Crippen molar-refractivity contribution in [2.24, 2.45) is 5.92 Å². The van der Waals surface area contributed by atoms with Crippen LogP contribution < -0.4 is 10.1 Å². The summed E-state index contributed by atoms with van der Waals surface area (Å²) in [7, 11) is 1.75. The molecule has 16 heavy (non-hydrogen) atoms. The van der Waals surface area contributed by atoms with Crippen LogP contribution in [-0.4, -0.2) is 13.7 Å². The molecule has 2 heteroatoms. The lowest BCUT2D eigenvalue weighted by molar-refractivity contribution is 0.229.